The molecule has 0 N–H and O–H groups in total. The number of benzene rings is 8. The molecule has 3 nitrogen and oxygen atoms in total. The van der Waals surface area contributed by atoms with Crippen molar-refractivity contribution in [2.45, 2.75) is 19.3 Å². The summed E-state index contributed by atoms with van der Waals surface area (Å²) in [6.45, 7) is 4.69. The topological polar surface area (TPSA) is 10.9 Å². The van der Waals surface area contributed by atoms with Crippen molar-refractivity contribution in [1.82, 2.24) is 4.40 Å². The van der Waals surface area contributed by atoms with Crippen LogP contribution in [0.25, 0.3) is 49.1 Å². The van der Waals surface area contributed by atoms with Crippen molar-refractivity contribution in [2.24, 2.45) is 0 Å². The SMILES string of the molecule is [2H]c1ccc(N(c2ccc([2H])cc2)c2ccc3cc4c5ccc(N(c6ccc([2H])cc6)c6ccc([2H])cc6)c6c7c(n(c4cc3c2)c65)C(C)(C)c2ccccc2-7)cc1. The first-order valence-electron chi connectivity index (χ1n) is 20.4. The molecule has 0 amide bonds. The third-order valence-corrected chi connectivity index (χ3v) is 11.4. The van der Waals surface area contributed by atoms with Gasteiger partial charge >= 0.3 is 0 Å². The van der Waals surface area contributed by atoms with Crippen LogP contribution in [0.4, 0.5) is 34.1 Å². The van der Waals surface area contributed by atoms with E-state index < -0.39 is 0 Å². The Bertz CT molecular complexity index is 3130. The number of aromatic nitrogens is 1. The van der Waals surface area contributed by atoms with Crippen LogP contribution in [-0.4, -0.2) is 4.40 Å². The molecule has 0 unspecified atom stereocenters. The summed E-state index contributed by atoms with van der Waals surface area (Å²) in [4.78, 5) is 4.46. The smallest absolute Gasteiger partial charge is 0.0638 e. The van der Waals surface area contributed by atoms with E-state index in [4.69, 9.17) is 5.48 Å². The Balaban J connectivity index is 1.21. The van der Waals surface area contributed by atoms with E-state index in [0.29, 0.717) is 24.2 Å². The molecule has 256 valence electrons. The first-order valence-corrected chi connectivity index (χ1v) is 18.4. The second kappa shape index (κ2) is 11.6. The normalized spacial score (nSPS) is 14.2. The fourth-order valence-electron chi connectivity index (χ4n) is 9.07. The second-order valence-corrected chi connectivity index (χ2v) is 14.7. The summed E-state index contributed by atoms with van der Waals surface area (Å²) < 4.78 is 35.4. The van der Waals surface area contributed by atoms with E-state index in [-0.39, 0.29) is 5.41 Å². The number of anilines is 6. The van der Waals surface area contributed by atoms with Gasteiger partial charge < -0.3 is 14.2 Å². The minimum atomic E-state index is -0.298. The second-order valence-electron chi connectivity index (χ2n) is 14.7. The van der Waals surface area contributed by atoms with Crippen molar-refractivity contribution in [3.63, 3.8) is 0 Å². The lowest BCUT2D eigenvalue weighted by Crippen LogP contribution is -2.17. The molecule has 3 heteroatoms. The Morgan fingerprint density at radius 3 is 1.69 bits per heavy atom. The molecule has 0 saturated carbocycles. The van der Waals surface area contributed by atoms with Gasteiger partial charge in [-0.2, -0.15) is 0 Å². The first kappa shape index (κ1) is 26.9. The van der Waals surface area contributed by atoms with E-state index in [1.807, 2.05) is 97.1 Å². The van der Waals surface area contributed by atoms with E-state index in [1.165, 1.54) is 44.1 Å². The predicted octanol–water partition coefficient (Wildman–Crippen LogP) is 14.1. The Labute approximate surface area is 320 Å². The van der Waals surface area contributed by atoms with Crippen LogP contribution in [0, 0.1) is 0 Å². The molecule has 0 aliphatic heterocycles. The molecule has 0 saturated heterocycles. The standard InChI is InChI=1S/C51H37N3/c1-51(2)44-26-16-15-25-42(44)47-48-45(53(38-21-11-5-12-22-38)39-23-13-6-14-24-39)30-29-41-43-32-34-27-28-40(31-35(34)33-46(43)54(49(41)48)50(47)51)52(36-17-7-3-8-18-36)37-19-9-4-10-20-37/h3-33H,1-2H3/i3D,4D,5D,6D. The Kier molecular flexibility index (Phi) is 5.76. The number of fused-ring (bicyclic) bond motifs is 9. The van der Waals surface area contributed by atoms with Gasteiger partial charge in [0.2, 0.25) is 0 Å². The van der Waals surface area contributed by atoms with Crippen LogP contribution in [0.5, 0.6) is 0 Å². The molecule has 10 aromatic rings. The molecule has 0 atom stereocenters. The van der Waals surface area contributed by atoms with Crippen molar-refractivity contribution in [1.29, 1.82) is 0 Å². The molecule has 0 radical (unpaired) electrons. The molecular formula is C51H37N3. The number of nitrogens with zero attached hydrogens (tertiary/aromatic N) is 3. The lowest BCUT2D eigenvalue weighted by molar-refractivity contribution is 0.633. The molecule has 0 bridgehead atoms. The molecular weight excluding hydrogens is 655 g/mol. The van der Waals surface area contributed by atoms with Gasteiger partial charge in [0.15, 0.2) is 0 Å². The highest BCUT2D eigenvalue weighted by Gasteiger charge is 2.42. The van der Waals surface area contributed by atoms with Crippen LogP contribution < -0.4 is 9.80 Å². The zero-order chi connectivity index (χ0) is 39.4. The summed E-state index contributed by atoms with van der Waals surface area (Å²) >= 11 is 0. The van der Waals surface area contributed by atoms with Crippen LogP contribution in [0.1, 0.15) is 30.6 Å². The summed E-state index contributed by atoms with van der Waals surface area (Å²) in [5.41, 5.74) is 12.9. The van der Waals surface area contributed by atoms with Crippen molar-refractivity contribution >= 4 is 72.1 Å². The van der Waals surface area contributed by atoms with Gasteiger partial charge in [0.1, 0.15) is 0 Å². The highest BCUT2D eigenvalue weighted by atomic mass is 15.2. The molecule has 54 heavy (non-hydrogen) atoms. The van der Waals surface area contributed by atoms with Gasteiger partial charge in [-0.15, -0.1) is 0 Å². The van der Waals surface area contributed by atoms with Crippen molar-refractivity contribution < 1.29 is 5.48 Å². The maximum atomic E-state index is 8.28. The summed E-state index contributed by atoms with van der Waals surface area (Å²) in [5, 5.41) is 5.82. The van der Waals surface area contributed by atoms with Gasteiger partial charge in [-0.25, -0.2) is 0 Å². The van der Waals surface area contributed by atoms with Gasteiger partial charge in [-0.1, -0.05) is 123 Å². The summed E-state index contributed by atoms with van der Waals surface area (Å²) in [6, 6.07) is 57.0. The third-order valence-electron chi connectivity index (χ3n) is 11.4. The van der Waals surface area contributed by atoms with E-state index >= 15 is 0 Å². The summed E-state index contributed by atoms with van der Waals surface area (Å²) in [5.74, 6) is 0. The lowest BCUT2D eigenvalue weighted by atomic mass is 9.85. The van der Waals surface area contributed by atoms with Crippen LogP contribution in [-0.2, 0) is 5.41 Å². The van der Waals surface area contributed by atoms with E-state index in [0.717, 1.165) is 50.4 Å². The summed E-state index contributed by atoms with van der Waals surface area (Å²) in [6.07, 6.45) is 0. The van der Waals surface area contributed by atoms with Gasteiger partial charge in [-0.3, -0.25) is 0 Å². The van der Waals surface area contributed by atoms with Gasteiger partial charge in [0, 0.05) is 61.3 Å². The Morgan fingerprint density at radius 1 is 0.500 bits per heavy atom. The van der Waals surface area contributed by atoms with Gasteiger partial charge in [-0.05, 0) is 101 Å². The predicted molar refractivity (Wildman–Crippen MR) is 228 cm³/mol. The van der Waals surface area contributed by atoms with Gasteiger partial charge in [0.05, 0.1) is 22.2 Å². The average Bonchev–Trinajstić information content (AvgIpc) is 3.83. The van der Waals surface area contributed by atoms with Crippen molar-refractivity contribution in [3.8, 4) is 11.1 Å². The van der Waals surface area contributed by atoms with E-state index in [2.05, 4.69) is 94.8 Å². The molecule has 2 heterocycles. The fraction of sp³-hybridized carbons (Fsp3) is 0.0588. The molecule has 1 aliphatic carbocycles. The molecule has 0 spiro atoms. The maximum Gasteiger partial charge on any atom is 0.0638 e. The van der Waals surface area contributed by atoms with E-state index in [1.54, 1.807) is 0 Å². The maximum absolute atomic E-state index is 8.28. The quantitative estimate of drug-likeness (QED) is 0.171. The minimum absolute atomic E-state index is 0.298. The zero-order valence-electron chi connectivity index (χ0n) is 33.9. The lowest BCUT2D eigenvalue weighted by Gasteiger charge is -2.26. The average molecular weight is 696 g/mol. The summed E-state index contributed by atoms with van der Waals surface area (Å²) in [7, 11) is 0. The largest absolute Gasteiger partial charge is 0.311 e. The van der Waals surface area contributed by atoms with E-state index in [9.17, 15) is 0 Å². The third kappa shape index (κ3) is 4.36. The number of para-hydroxylation sites is 4. The van der Waals surface area contributed by atoms with Crippen LogP contribution >= 0.6 is 0 Å². The first-order chi connectivity index (χ1) is 28.2. The molecule has 11 rings (SSSR count). The molecule has 0 fully saturated rings. The van der Waals surface area contributed by atoms with Crippen molar-refractivity contribution in [3.05, 3.63) is 199 Å². The monoisotopic (exact) mass is 695 g/mol. The molecule has 2 aromatic heterocycles. The van der Waals surface area contributed by atoms with Crippen molar-refractivity contribution in [2.75, 3.05) is 9.80 Å². The molecule has 1 aliphatic rings. The highest BCUT2D eigenvalue weighted by molar-refractivity contribution is 6.25. The minimum Gasteiger partial charge on any atom is -0.311 e. The fourth-order valence-corrected chi connectivity index (χ4v) is 9.07. The highest BCUT2D eigenvalue weighted by Crippen LogP contribution is 2.58. The number of hydrogen-bond donors (Lipinski definition) is 0. The Morgan fingerprint density at radius 2 is 1.07 bits per heavy atom. The van der Waals surface area contributed by atoms with Crippen LogP contribution in [0.3, 0.4) is 0 Å². The molecule has 8 aromatic carbocycles. The van der Waals surface area contributed by atoms with Gasteiger partial charge in [0.25, 0.3) is 0 Å². The Hall–Kier alpha value is -6.84. The van der Waals surface area contributed by atoms with Crippen LogP contribution in [0.2, 0.25) is 0 Å². The van der Waals surface area contributed by atoms with Crippen LogP contribution in [0.15, 0.2) is 188 Å². The zero-order valence-corrected chi connectivity index (χ0v) is 29.9. The number of hydrogen-bond acceptors (Lipinski definition) is 2. The number of rotatable bonds is 6.